The molecule has 1 heterocycles. The molecule has 3 amide bonds. The summed E-state index contributed by atoms with van der Waals surface area (Å²) < 4.78 is 60.7. The summed E-state index contributed by atoms with van der Waals surface area (Å²) in [5.74, 6) is -0.859. The van der Waals surface area contributed by atoms with Crippen LogP contribution in [-0.4, -0.2) is 20.4 Å². The van der Waals surface area contributed by atoms with Crippen LogP contribution in [0, 0.1) is 0 Å². The average Bonchev–Trinajstić information content (AvgIpc) is 2.59. The number of hydrogen-bond acceptors (Lipinski definition) is 4. The van der Waals surface area contributed by atoms with Gasteiger partial charge in [-0.15, -0.1) is 0 Å². The molecule has 0 aromatic heterocycles. The summed E-state index contributed by atoms with van der Waals surface area (Å²) in [7, 11) is 0.339. The van der Waals surface area contributed by atoms with E-state index in [-0.39, 0.29) is 17.7 Å². The number of alkyl halides is 3. The molecular weight excluding hydrogens is 337 g/mol. The van der Waals surface area contributed by atoms with Gasteiger partial charge >= 0.3 is 21.4 Å². The van der Waals surface area contributed by atoms with Crippen LogP contribution in [0.2, 0.25) is 0 Å². The second-order valence-electron chi connectivity index (χ2n) is 4.09. The number of carbonyl (C=O) groups excluding carboxylic acids is 2. The summed E-state index contributed by atoms with van der Waals surface area (Å²) in [4.78, 5) is 23.6. The maximum absolute atomic E-state index is 12.6. The van der Waals surface area contributed by atoms with Crippen LogP contribution in [-0.2, 0) is 26.6 Å². The van der Waals surface area contributed by atoms with E-state index in [9.17, 15) is 31.2 Å². The highest BCUT2D eigenvalue weighted by Gasteiger charge is 2.37. The Hall–Kier alpha value is -1.81. The third kappa shape index (κ3) is 3.27. The maximum Gasteiger partial charge on any atom is 0.416 e. The minimum atomic E-state index is -4.67. The molecule has 0 fully saturated rings. The zero-order valence-electron chi connectivity index (χ0n) is 9.94. The van der Waals surface area contributed by atoms with Crippen molar-refractivity contribution in [3.63, 3.8) is 0 Å². The Kier molecular flexibility index (Phi) is 3.62. The van der Waals surface area contributed by atoms with Gasteiger partial charge in [0.25, 0.3) is 0 Å². The second-order valence-corrected chi connectivity index (χ2v) is 6.39. The maximum atomic E-state index is 12.6. The van der Waals surface area contributed by atoms with Crippen LogP contribution < -0.4 is 9.62 Å². The standard InChI is InChI=1S/C10H6ClF3N2O4S/c11-21(19,20)15-9(18)16-7-4-6(10(12,13)14)2-1-5(7)3-8(16)17/h1-2,4H,3H2,(H,15,18). The predicted molar refractivity (Wildman–Crippen MR) is 65.9 cm³/mol. The van der Waals surface area contributed by atoms with Crippen molar-refractivity contribution in [1.29, 1.82) is 0 Å². The first-order valence-electron chi connectivity index (χ1n) is 5.28. The van der Waals surface area contributed by atoms with Crippen molar-refractivity contribution in [2.75, 3.05) is 4.90 Å². The molecular formula is C10H6ClF3N2O4S. The van der Waals surface area contributed by atoms with Crippen molar-refractivity contribution in [1.82, 2.24) is 4.72 Å². The summed E-state index contributed by atoms with van der Waals surface area (Å²) in [6, 6.07) is 0.985. The fraction of sp³-hybridized carbons (Fsp3) is 0.200. The van der Waals surface area contributed by atoms with Crippen LogP contribution in [0.3, 0.4) is 0 Å². The fourth-order valence-electron chi connectivity index (χ4n) is 1.85. The van der Waals surface area contributed by atoms with Crippen LogP contribution >= 0.6 is 10.7 Å². The molecule has 1 aliphatic rings. The van der Waals surface area contributed by atoms with E-state index in [2.05, 4.69) is 0 Å². The third-order valence-electron chi connectivity index (χ3n) is 2.66. The van der Waals surface area contributed by atoms with Crippen molar-refractivity contribution in [2.45, 2.75) is 12.6 Å². The van der Waals surface area contributed by atoms with E-state index in [0.29, 0.717) is 11.0 Å². The molecule has 11 heteroatoms. The largest absolute Gasteiger partial charge is 0.416 e. The molecule has 1 N–H and O–H groups in total. The van der Waals surface area contributed by atoms with Crippen molar-refractivity contribution < 1.29 is 31.2 Å². The first kappa shape index (κ1) is 15.6. The number of amides is 3. The zero-order chi connectivity index (χ0) is 16.0. The van der Waals surface area contributed by atoms with Gasteiger partial charge < -0.3 is 0 Å². The van der Waals surface area contributed by atoms with E-state index in [1.807, 2.05) is 0 Å². The Balaban J connectivity index is 2.44. The van der Waals surface area contributed by atoms with E-state index >= 15 is 0 Å². The summed E-state index contributed by atoms with van der Waals surface area (Å²) >= 11 is 0. The number of nitrogens with zero attached hydrogens (tertiary/aromatic N) is 1. The van der Waals surface area contributed by atoms with Crippen LogP contribution in [0.15, 0.2) is 18.2 Å². The van der Waals surface area contributed by atoms with Crippen molar-refractivity contribution in [3.8, 4) is 0 Å². The molecule has 21 heavy (non-hydrogen) atoms. The zero-order valence-corrected chi connectivity index (χ0v) is 11.5. The summed E-state index contributed by atoms with van der Waals surface area (Å²) in [5.41, 5.74) is -1.22. The number of urea groups is 1. The fourth-order valence-corrected chi connectivity index (χ4v) is 2.34. The Morgan fingerprint density at radius 1 is 1.33 bits per heavy atom. The van der Waals surface area contributed by atoms with E-state index in [1.165, 1.54) is 4.72 Å². The van der Waals surface area contributed by atoms with Gasteiger partial charge in [0, 0.05) is 10.7 Å². The normalized spacial score (nSPS) is 15.0. The second kappa shape index (κ2) is 4.88. The Morgan fingerprint density at radius 3 is 2.48 bits per heavy atom. The molecule has 1 aromatic rings. The lowest BCUT2D eigenvalue weighted by molar-refractivity contribution is -0.137. The van der Waals surface area contributed by atoms with Gasteiger partial charge in [-0.2, -0.15) is 21.6 Å². The monoisotopic (exact) mass is 342 g/mol. The van der Waals surface area contributed by atoms with Crippen LogP contribution in [0.1, 0.15) is 11.1 Å². The van der Waals surface area contributed by atoms with Gasteiger partial charge in [0.15, 0.2) is 0 Å². The molecule has 0 saturated heterocycles. The van der Waals surface area contributed by atoms with Gasteiger partial charge in [-0.1, -0.05) is 6.07 Å². The van der Waals surface area contributed by atoms with Gasteiger partial charge in [-0.05, 0) is 17.7 Å². The smallest absolute Gasteiger partial charge is 0.274 e. The number of imide groups is 1. The molecule has 0 saturated carbocycles. The van der Waals surface area contributed by atoms with E-state index in [1.54, 1.807) is 0 Å². The van der Waals surface area contributed by atoms with Crippen LogP contribution in [0.4, 0.5) is 23.7 Å². The van der Waals surface area contributed by atoms with Crippen molar-refractivity contribution in [2.24, 2.45) is 0 Å². The molecule has 0 unspecified atom stereocenters. The highest BCUT2D eigenvalue weighted by atomic mass is 35.7. The van der Waals surface area contributed by atoms with Crippen LogP contribution in [0.25, 0.3) is 0 Å². The lowest BCUT2D eigenvalue weighted by Crippen LogP contribution is -2.43. The first-order valence-corrected chi connectivity index (χ1v) is 7.59. The predicted octanol–water partition coefficient (Wildman–Crippen LogP) is 1.79. The van der Waals surface area contributed by atoms with Crippen molar-refractivity contribution in [3.05, 3.63) is 29.3 Å². The number of carbonyl (C=O) groups is 2. The van der Waals surface area contributed by atoms with E-state index < -0.39 is 32.9 Å². The minimum Gasteiger partial charge on any atom is -0.274 e. The molecule has 0 radical (unpaired) electrons. The molecule has 1 aromatic carbocycles. The Bertz CT molecular complexity index is 732. The molecule has 6 nitrogen and oxygen atoms in total. The highest BCUT2D eigenvalue weighted by molar-refractivity contribution is 8.12. The van der Waals surface area contributed by atoms with Gasteiger partial charge in [-0.25, -0.2) is 14.4 Å². The topological polar surface area (TPSA) is 83.6 Å². The van der Waals surface area contributed by atoms with Gasteiger partial charge in [0.1, 0.15) is 0 Å². The average molecular weight is 343 g/mol. The Morgan fingerprint density at radius 2 is 1.95 bits per heavy atom. The highest BCUT2D eigenvalue weighted by Crippen LogP contribution is 2.36. The third-order valence-corrected chi connectivity index (χ3v) is 3.31. The van der Waals surface area contributed by atoms with Crippen molar-refractivity contribution >= 4 is 37.5 Å². The first-order chi connectivity index (χ1) is 9.49. The number of rotatable bonds is 1. The van der Waals surface area contributed by atoms with Crippen LogP contribution in [0.5, 0.6) is 0 Å². The number of nitrogens with one attached hydrogen (secondary N) is 1. The molecule has 0 aliphatic carbocycles. The molecule has 0 atom stereocenters. The molecule has 114 valence electrons. The van der Waals surface area contributed by atoms with Gasteiger partial charge in [0.05, 0.1) is 17.7 Å². The van der Waals surface area contributed by atoms with E-state index in [0.717, 1.165) is 12.1 Å². The lowest BCUT2D eigenvalue weighted by Gasteiger charge is -2.16. The lowest BCUT2D eigenvalue weighted by atomic mass is 10.1. The summed E-state index contributed by atoms with van der Waals surface area (Å²) in [6.07, 6.45) is -4.98. The molecule has 1 aliphatic heterocycles. The number of benzene rings is 1. The van der Waals surface area contributed by atoms with Gasteiger partial charge in [0.2, 0.25) is 5.91 Å². The molecule has 0 bridgehead atoms. The quantitative estimate of drug-likeness (QED) is 0.789. The number of hydrogen-bond donors (Lipinski definition) is 1. The van der Waals surface area contributed by atoms with E-state index in [4.69, 9.17) is 10.7 Å². The summed E-state index contributed by atoms with van der Waals surface area (Å²) in [6.45, 7) is 0. The molecule has 2 rings (SSSR count). The number of anilines is 1. The SMILES string of the molecule is O=C1Cc2ccc(C(F)(F)F)cc2N1C(=O)NS(=O)(=O)Cl. The van der Waals surface area contributed by atoms with Gasteiger partial charge in [-0.3, -0.25) is 4.79 Å². The molecule has 0 spiro atoms. The number of halogens is 4. The number of fused-ring (bicyclic) bond motifs is 1. The minimum absolute atomic E-state index is 0.176. The Labute approximate surface area is 121 Å². The summed E-state index contributed by atoms with van der Waals surface area (Å²) in [5, 5.41) is 0.